The lowest BCUT2D eigenvalue weighted by molar-refractivity contribution is 0.603. The maximum atomic E-state index is 4.43. The molecule has 0 saturated carbocycles. The Morgan fingerprint density at radius 3 is 2.80 bits per heavy atom. The fraction of sp³-hybridized carbons (Fsp3) is 0.471. The number of aromatic nitrogens is 2. The highest BCUT2D eigenvalue weighted by Gasteiger charge is 2.06. The van der Waals surface area contributed by atoms with Crippen molar-refractivity contribution in [3.8, 4) is 11.1 Å². The van der Waals surface area contributed by atoms with E-state index in [9.17, 15) is 0 Å². The van der Waals surface area contributed by atoms with Crippen LogP contribution in [0.25, 0.3) is 11.1 Å². The molecule has 0 fully saturated rings. The predicted octanol–water partition coefficient (Wildman–Crippen LogP) is 3.77. The number of hydrogen-bond donors (Lipinski definition) is 1. The van der Waals surface area contributed by atoms with Crippen LogP contribution in [0.1, 0.15) is 37.8 Å². The van der Waals surface area contributed by atoms with Crippen LogP contribution in [-0.2, 0) is 13.1 Å². The second kappa shape index (κ2) is 7.25. The molecule has 0 saturated heterocycles. The largest absolute Gasteiger partial charge is 0.313 e. The number of nitrogens with zero attached hydrogens (tertiary/aromatic N) is 2. The van der Waals surface area contributed by atoms with Gasteiger partial charge in [0.2, 0.25) is 0 Å². The average Bonchev–Trinajstić information content (AvgIpc) is 2.90. The Hall–Kier alpha value is -1.61. The highest BCUT2D eigenvalue weighted by atomic mass is 15.3. The van der Waals surface area contributed by atoms with Crippen LogP contribution < -0.4 is 5.32 Å². The molecule has 0 spiro atoms. The standard InChI is InChI=1S/C17H25N3/c1-4-8-18-11-15-7-6-14(3)17(10-15)16-12-19-20(13-16)9-5-2/h6-7,10,12-13,18H,4-5,8-9,11H2,1-3H3. The van der Waals surface area contributed by atoms with Crippen LogP contribution >= 0.6 is 0 Å². The summed E-state index contributed by atoms with van der Waals surface area (Å²) >= 11 is 0. The third kappa shape index (κ3) is 3.70. The van der Waals surface area contributed by atoms with E-state index >= 15 is 0 Å². The molecule has 1 aromatic carbocycles. The van der Waals surface area contributed by atoms with Crippen LogP contribution in [0.2, 0.25) is 0 Å². The van der Waals surface area contributed by atoms with Crippen LogP contribution in [0.5, 0.6) is 0 Å². The van der Waals surface area contributed by atoms with Crippen LogP contribution in [0, 0.1) is 6.92 Å². The molecule has 1 aromatic heterocycles. The second-order valence-electron chi connectivity index (χ2n) is 5.32. The maximum Gasteiger partial charge on any atom is 0.0568 e. The molecule has 1 heterocycles. The van der Waals surface area contributed by atoms with Gasteiger partial charge in [0.15, 0.2) is 0 Å². The normalized spacial score (nSPS) is 10.9. The van der Waals surface area contributed by atoms with Crippen molar-refractivity contribution in [1.82, 2.24) is 15.1 Å². The first-order chi connectivity index (χ1) is 9.74. The van der Waals surface area contributed by atoms with E-state index in [1.807, 2.05) is 10.9 Å². The van der Waals surface area contributed by atoms with E-state index in [1.54, 1.807) is 0 Å². The minimum absolute atomic E-state index is 0.935. The molecule has 0 amide bonds. The van der Waals surface area contributed by atoms with Gasteiger partial charge >= 0.3 is 0 Å². The molecule has 0 atom stereocenters. The Morgan fingerprint density at radius 2 is 2.05 bits per heavy atom. The van der Waals surface area contributed by atoms with Gasteiger partial charge in [0.25, 0.3) is 0 Å². The smallest absolute Gasteiger partial charge is 0.0568 e. The SMILES string of the molecule is CCCNCc1ccc(C)c(-c2cnn(CCC)c2)c1. The fourth-order valence-electron chi connectivity index (χ4n) is 2.35. The Balaban J connectivity index is 2.18. The van der Waals surface area contributed by atoms with Gasteiger partial charge in [0.05, 0.1) is 6.20 Å². The Kier molecular flexibility index (Phi) is 5.36. The number of nitrogens with one attached hydrogen (secondary N) is 1. The van der Waals surface area contributed by atoms with Gasteiger partial charge in [-0.25, -0.2) is 0 Å². The van der Waals surface area contributed by atoms with E-state index in [-0.39, 0.29) is 0 Å². The van der Waals surface area contributed by atoms with Crippen molar-refractivity contribution in [2.24, 2.45) is 0 Å². The molecule has 0 unspecified atom stereocenters. The van der Waals surface area contributed by atoms with E-state index in [2.05, 4.69) is 55.6 Å². The van der Waals surface area contributed by atoms with Gasteiger partial charge in [-0.2, -0.15) is 5.10 Å². The summed E-state index contributed by atoms with van der Waals surface area (Å²) in [5.74, 6) is 0. The predicted molar refractivity (Wildman–Crippen MR) is 84.7 cm³/mol. The molecule has 2 aromatic rings. The third-order valence-electron chi connectivity index (χ3n) is 3.45. The summed E-state index contributed by atoms with van der Waals surface area (Å²) in [4.78, 5) is 0. The Morgan fingerprint density at radius 1 is 1.20 bits per heavy atom. The number of rotatable bonds is 7. The summed E-state index contributed by atoms with van der Waals surface area (Å²) in [6.07, 6.45) is 6.40. The highest BCUT2D eigenvalue weighted by molar-refractivity contribution is 5.66. The molecule has 0 radical (unpaired) electrons. The van der Waals surface area contributed by atoms with Crippen molar-refractivity contribution >= 4 is 0 Å². The van der Waals surface area contributed by atoms with Gasteiger partial charge in [-0.3, -0.25) is 4.68 Å². The Labute approximate surface area is 122 Å². The molecular weight excluding hydrogens is 246 g/mol. The van der Waals surface area contributed by atoms with Crippen LogP contribution in [0.15, 0.2) is 30.6 Å². The number of aryl methyl sites for hydroxylation is 2. The first kappa shape index (κ1) is 14.8. The first-order valence-electron chi connectivity index (χ1n) is 7.57. The zero-order valence-electron chi connectivity index (χ0n) is 12.8. The lowest BCUT2D eigenvalue weighted by atomic mass is 10.0. The van der Waals surface area contributed by atoms with Crippen molar-refractivity contribution in [2.75, 3.05) is 6.54 Å². The number of benzene rings is 1. The van der Waals surface area contributed by atoms with Crippen molar-refractivity contribution in [2.45, 2.75) is 46.7 Å². The minimum atomic E-state index is 0.935. The molecule has 3 heteroatoms. The second-order valence-corrected chi connectivity index (χ2v) is 5.32. The third-order valence-corrected chi connectivity index (χ3v) is 3.45. The quantitative estimate of drug-likeness (QED) is 0.777. The zero-order valence-corrected chi connectivity index (χ0v) is 12.8. The van der Waals surface area contributed by atoms with Gasteiger partial charge in [0.1, 0.15) is 0 Å². The van der Waals surface area contributed by atoms with Crippen molar-refractivity contribution < 1.29 is 0 Å². The lowest BCUT2D eigenvalue weighted by Crippen LogP contribution is -2.13. The van der Waals surface area contributed by atoms with E-state index in [0.29, 0.717) is 0 Å². The molecule has 3 nitrogen and oxygen atoms in total. The van der Waals surface area contributed by atoms with Crippen LogP contribution in [-0.4, -0.2) is 16.3 Å². The van der Waals surface area contributed by atoms with Crippen molar-refractivity contribution in [3.63, 3.8) is 0 Å². The van der Waals surface area contributed by atoms with E-state index in [0.717, 1.165) is 26.1 Å². The summed E-state index contributed by atoms with van der Waals surface area (Å²) in [6, 6.07) is 6.69. The molecule has 108 valence electrons. The summed E-state index contributed by atoms with van der Waals surface area (Å²) in [7, 11) is 0. The average molecular weight is 271 g/mol. The van der Waals surface area contributed by atoms with Gasteiger partial charge in [-0.05, 0) is 49.1 Å². The summed E-state index contributed by atoms with van der Waals surface area (Å²) in [5.41, 5.74) is 5.15. The summed E-state index contributed by atoms with van der Waals surface area (Å²) in [5, 5.41) is 7.88. The zero-order chi connectivity index (χ0) is 14.4. The van der Waals surface area contributed by atoms with Gasteiger partial charge < -0.3 is 5.32 Å². The Bertz CT molecular complexity index is 543. The van der Waals surface area contributed by atoms with Gasteiger partial charge in [-0.15, -0.1) is 0 Å². The van der Waals surface area contributed by atoms with Crippen LogP contribution in [0.3, 0.4) is 0 Å². The van der Waals surface area contributed by atoms with Crippen molar-refractivity contribution in [1.29, 1.82) is 0 Å². The number of hydrogen-bond acceptors (Lipinski definition) is 2. The topological polar surface area (TPSA) is 29.9 Å². The monoisotopic (exact) mass is 271 g/mol. The minimum Gasteiger partial charge on any atom is -0.313 e. The first-order valence-corrected chi connectivity index (χ1v) is 7.57. The fourth-order valence-corrected chi connectivity index (χ4v) is 2.35. The highest BCUT2D eigenvalue weighted by Crippen LogP contribution is 2.24. The molecule has 0 bridgehead atoms. The van der Waals surface area contributed by atoms with Gasteiger partial charge in [-0.1, -0.05) is 26.0 Å². The molecule has 0 aliphatic carbocycles. The van der Waals surface area contributed by atoms with Crippen molar-refractivity contribution in [3.05, 3.63) is 41.7 Å². The van der Waals surface area contributed by atoms with E-state index < -0.39 is 0 Å². The summed E-state index contributed by atoms with van der Waals surface area (Å²) in [6.45, 7) is 9.51. The molecular formula is C17H25N3. The molecule has 0 aliphatic heterocycles. The lowest BCUT2D eigenvalue weighted by Gasteiger charge is -2.08. The van der Waals surface area contributed by atoms with Crippen LogP contribution in [0.4, 0.5) is 0 Å². The molecule has 2 rings (SSSR count). The molecule has 1 N–H and O–H groups in total. The molecule has 0 aliphatic rings. The summed E-state index contributed by atoms with van der Waals surface area (Å²) < 4.78 is 2.02. The van der Waals surface area contributed by atoms with E-state index in [1.165, 1.54) is 28.7 Å². The maximum absolute atomic E-state index is 4.43. The molecule has 20 heavy (non-hydrogen) atoms. The van der Waals surface area contributed by atoms with Gasteiger partial charge in [0, 0.05) is 24.8 Å². The van der Waals surface area contributed by atoms with E-state index in [4.69, 9.17) is 0 Å².